The number of hydrogen-bond donors (Lipinski definition) is 1. The van der Waals surface area contributed by atoms with Gasteiger partial charge in [0.15, 0.2) is 0 Å². The van der Waals surface area contributed by atoms with Crippen LogP contribution < -0.4 is 5.43 Å². The summed E-state index contributed by atoms with van der Waals surface area (Å²) in [5.74, 6) is 0. The lowest BCUT2D eigenvalue weighted by atomic mass is 10.2. The highest BCUT2D eigenvalue weighted by atomic mass is 35.5. The highest BCUT2D eigenvalue weighted by Gasteiger charge is 2.33. The van der Waals surface area contributed by atoms with Crippen LogP contribution in [0.2, 0.25) is 4.34 Å². The van der Waals surface area contributed by atoms with Crippen molar-refractivity contribution in [2.75, 3.05) is 5.43 Å². The summed E-state index contributed by atoms with van der Waals surface area (Å²) >= 11 is 7.11. The van der Waals surface area contributed by atoms with Gasteiger partial charge in [-0.3, -0.25) is 5.43 Å². The first-order valence-corrected chi connectivity index (χ1v) is 6.79. The molecule has 0 radical (unpaired) electrons. The molecule has 0 atom stereocenters. The smallest absolute Gasteiger partial charge is 0.278 e. The van der Waals surface area contributed by atoms with Crippen LogP contribution in [0.15, 0.2) is 41.5 Å². The fraction of sp³-hybridized carbons (Fsp3) is 0.154. The van der Waals surface area contributed by atoms with Gasteiger partial charge < -0.3 is 0 Å². The fourth-order valence-electron chi connectivity index (χ4n) is 1.54. The Bertz CT molecular complexity index is 635. The van der Waals surface area contributed by atoms with Crippen LogP contribution in [0.4, 0.5) is 18.9 Å². The largest absolute Gasteiger partial charge is 0.418 e. The number of rotatable bonds is 3. The first-order chi connectivity index (χ1) is 9.38. The monoisotopic (exact) mass is 318 g/mol. The molecule has 0 aliphatic heterocycles. The zero-order chi connectivity index (χ0) is 14.8. The number of nitrogens with zero attached hydrogens (tertiary/aromatic N) is 1. The zero-order valence-electron chi connectivity index (χ0n) is 10.3. The number of alkyl halides is 3. The SMILES string of the molecule is C/C(=N\Nc1ccccc1C(F)(F)F)c1ccc(Cl)s1. The number of anilines is 1. The number of nitrogens with one attached hydrogen (secondary N) is 1. The third-order valence-electron chi connectivity index (χ3n) is 2.51. The lowest BCUT2D eigenvalue weighted by Crippen LogP contribution is -2.09. The van der Waals surface area contributed by atoms with E-state index >= 15 is 0 Å². The van der Waals surface area contributed by atoms with Gasteiger partial charge in [-0.1, -0.05) is 23.7 Å². The Morgan fingerprint density at radius 3 is 2.50 bits per heavy atom. The summed E-state index contributed by atoms with van der Waals surface area (Å²) < 4.78 is 39.0. The number of thiophene rings is 1. The quantitative estimate of drug-likeness (QED) is 0.606. The summed E-state index contributed by atoms with van der Waals surface area (Å²) in [5, 5.41) is 3.97. The van der Waals surface area contributed by atoms with Gasteiger partial charge in [-0.2, -0.15) is 18.3 Å². The first kappa shape index (κ1) is 14.9. The highest BCUT2D eigenvalue weighted by Crippen LogP contribution is 2.34. The van der Waals surface area contributed by atoms with Crippen LogP contribution in [-0.2, 0) is 6.18 Å². The van der Waals surface area contributed by atoms with E-state index in [1.165, 1.54) is 29.5 Å². The third kappa shape index (κ3) is 3.52. The molecule has 1 heterocycles. The lowest BCUT2D eigenvalue weighted by molar-refractivity contribution is -0.136. The van der Waals surface area contributed by atoms with Gasteiger partial charge in [0, 0.05) is 0 Å². The van der Waals surface area contributed by atoms with Gasteiger partial charge in [-0.25, -0.2) is 0 Å². The van der Waals surface area contributed by atoms with Crippen molar-refractivity contribution in [3.8, 4) is 0 Å². The minimum absolute atomic E-state index is 0.0815. The van der Waals surface area contributed by atoms with E-state index in [0.29, 0.717) is 10.0 Å². The second-order valence-electron chi connectivity index (χ2n) is 3.96. The summed E-state index contributed by atoms with van der Waals surface area (Å²) in [6.07, 6.45) is -4.42. The molecule has 2 nitrogen and oxygen atoms in total. The van der Waals surface area contributed by atoms with E-state index in [1.807, 2.05) is 0 Å². The summed E-state index contributed by atoms with van der Waals surface area (Å²) in [7, 11) is 0. The van der Waals surface area contributed by atoms with Gasteiger partial charge >= 0.3 is 6.18 Å². The molecule has 0 fully saturated rings. The standard InChI is InChI=1S/C13H10ClF3N2S/c1-8(11-6-7-12(14)20-11)18-19-10-5-3-2-4-9(10)13(15,16)17/h2-7,19H,1H3/b18-8+. The Balaban J connectivity index is 2.23. The molecule has 0 aliphatic carbocycles. The maximum absolute atomic E-state index is 12.8. The molecule has 0 saturated carbocycles. The fourth-order valence-corrected chi connectivity index (χ4v) is 2.52. The molecule has 1 N–H and O–H groups in total. The van der Waals surface area contributed by atoms with Crippen LogP contribution in [0.1, 0.15) is 17.4 Å². The number of benzene rings is 1. The molecule has 0 amide bonds. The number of hydrazone groups is 1. The predicted octanol–water partition coefficient (Wildman–Crippen LogP) is 5.26. The Hall–Kier alpha value is -1.53. The van der Waals surface area contributed by atoms with Crippen molar-refractivity contribution in [2.24, 2.45) is 5.10 Å². The van der Waals surface area contributed by atoms with E-state index in [0.717, 1.165) is 10.9 Å². The molecule has 0 aliphatic rings. The Labute approximate surface area is 122 Å². The minimum atomic E-state index is -4.42. The number of halogens is 4. The van der Waals surface area contributed by atoms with E-state index in [9.17, 15) is 13.2 Å². The molecule has 0 spiro atoms. The van der Waals surface area contributed by atoms with Gasteiger partial charge in [-0.15, -0.1) is 11.3 Å². The molecule has 7 heteroatoms. The van der Waals surface area contributed by atoms with Crippen LogP contribution in [0.3, 0.4) is 0 Å². The Morgan fingerprint density at radius 2 is 1.90 bits per heavy atom. The third-order valence-corrected chi connectivity index (χ3v) is 3.85. The molecule has 0 unspecified atom stereocenters. The summed E-state index contributed by atoms with van der Waals surface area (Å²) in [6, 6.07) is 8.68. The number of para-hydroxylation sites is 1. The average Bonchev–Trinajstić information content (AvgIpc) is 2.82. The van der Waals surface area contributed by atoms with Gasteiger partial charge in [0.25, 0.3) is 0 Å². The highest BCUT2D eigenvalue weighted by molar-refractivity contribution is 7.18. The summed E-state index contributed by atoms with van der Waals surface area (Å²) in [5.41, 5.74) is 2.20. The van der Waals surface area contributed by atoms with Gasteiger partial charge in [0.1, 0.15) is 0 Å². The lowest BCUT2D eigenvalue weighted by Gasteiger charge is -2.11. The van der Waals surface area contributed by atoms with Crippen molar-refractivity contribution in [1.29, 1.82) is 0 Å². The first-order valence-electron chi connectivity index (χ1n) is 5.60. The molecule has 0 saturated heterocycles. The van der Waals surface area contributed by atoms with Crippen molar-refractivity contribution in [2.45, 2.75) is 13.1 Å². The molecule has 1 aromatic heterocycles. The van der Waals surface area contributed by atoms with Crippen molar-refractivity contribution < 1.29 is 13.2 Å². The van der Waals surface area contributed by atoms with E-state index in [1.54, 1.807) is 19.1 Å². The maximum atomic E-state index is 12.8. The average molecular weight is 319 g/mol. The molecular weight excluding hydrogens is 309 g/mol. The second-order valence-corrected chi connectivity index (χ2v) is 5.67. The minimum Gasteiger partial charge on any atom is -0.278 e. The van der Waals surface area contributed by atoms with E-state index < -0.39 is 11.7 Å². The van der Waals surface area contributed by atoms with Crippen LogP contribution in [-0.4, -0.2) is 5.71 Å². The second kappa shape index (κ2) is 5.85. The van der Waals surface area contributed by atoms with Crippen LogP contribution in [0, 0.1) is 0 Å². The molecule has 0 bridgehead atoms. The summed E-state index contributed by atoms with van der Waals surface area (Å²) in [6.45, 7) is 1.70. The molecule has 106 valence electrons. The van der Waals surface area contributed by atoms with Gasteiger partial charge in [0.05, 0.1) is 26.2 Å². The molecule has 2 aromatic rings. The van der Waals surface area contributed by atoms with Crippen LogP contribution in [0.5, 0.6) is 0 Å². The number of hydrogen-bond acceptors (Lipinski definition) is 3. The molecule has 2 rings (SSSR count). The zero-order valence-corrected chi connectivity index (χ0v) is 11.9. The normalized spacial score (nSPS) is 12.6. The van der Waals surface area contributed by atoms with Crippen LogP contribution in [0.25, 0.3) is 0 Å². The topological polar surface area (TPSA) is 24.4 Å². The van der Waals surface area contributed by atoms with Crippen LogP contribution >= 0.6 is 22.9 Å². The molecule has 1 aromatic carbocycles. The Morgan fingerprint density at radius 1 is 1.20 bits per heavy atom. The maximum Gasteiger partial charge on any atom is 0.418 e. The van der Waals surface area contributed by atoms with Gasteiger partial charge in [-0.05, 0) is 31.2 Å². The van der Waals surface area contributed by atoms with E-state index in [2.05, 4.69) is 10.5 Å². The van der Waals surface area contributed by atoms with Gasteiger partial charge in [0.2, 0.25) is 0 Å². The van der Waals surface area contributed by atoms with Crippen molar-refractivity contribution >= 4 is 34.3 Å². The predicted molar refractivity (Wildman–Crippen MR) is 76.6 cm³/mol. The summed E-state index contributed by atoms with van der Waals surface area (Å²) in [4.78, 5) is 0.798. The van der Waals surface area contributed by atoms with Crippen molar-refractivity contribution in [3.05, 3.63) is 51.2 Å². The Kier molecular flexibility index (Phi) is 4.35. The van der Waals surface area contributed by atoms with E-state index in [4.69, 9.17) is 11.6 Å². The molecule has 20 heavy (non-hydrogen) atoms. The molecular formula is C13H10ClF3N2S. The van der Waals surface area contributed by atoms with Crippen molar-refractivity contribution in [3.63, 3.8) is 0 Å². The van der Waals surface area contributed by atoms with Crippen molar-refractivity contribution in [1.82, 2.24) is 0 Å². The van der Waals surface area contributed by atoms with E-state index in [-0.39, 0.29) is 5.69 Å².